The van der Waals surface area contributed by atoms with Gasteiger partial charge in [-0.3, -0.25) is 9.69 Å². The van der Waals surface area contributed by atoms with E-state index in [1.807, 2.05) is 6.07 Å². The van der Waals surface area contributed by atoms with Crippen LogP contribution in [0, 0.1) is 11.7 Å². The number of ether oxygens (including phenoxy) is 2. The van der Waals surface area contributed by atoms with Crippen LogP contribution < -0.4 is 10.2 Å². The van der Waals surface area contributed by atoms with Crippen molar-refractivity contribution < 1.29 is 31.8 Å². The van der Waals surface area contributed by atoms with Gasteiger partial charge in [0.15, 0.2) is 0 Å². The van der Waals surface area contributed by atoms with Crippen molar-refractivity contribution >= 4 is 23.1 Å². The largest absolute Gasteiger partial charge is 0.401 e. The lowest BCUT2D eigenvalue weighted by Gasteiger charge is -2.35. The molecule has 5 rings (SSSR count). The minimum atomic E-state index is -4.27. The lowest BCUT2D eigenvalue weighted by molar-refractivity contribution is -0.149. The van der Waals surface area contributed by atoms with Crippen LogP contribution in [0.3, 0.4) is 0 Å². The molecular weight excluding hydrogens is 468 g/mol. The summed E-state index contributed by atoms with van der Waals surface area (Å²) in [7, 11) is 0. The minimum Gasteiger partial charge on any atom is -0.376 e. The molecule has 0 saturated carbocycles. The van der Waals surface area contributed by atoms with Gasteiger partial charge >= 0.3 is 6.18 Å². The Morgan fingerprint density at radius 1 is 1.20 bits per heavy atom. The number of likely N-dealkylation sites (tertiary alicyclic amines) is 1. The fraction of sp³-hybridized carbons (Fsp3) is 0.500. The van der Waals surface area contributed by atoms with Gasteiger partial charge in [-0.25, -0.2) is 9.37 Å². The van der Waals surface area contributed by atoms with E-state index in [1.165, 1.54) is 11.0 Å². The Labute approximate surface area is 200 Å². The lowest BCUT2D eigenvalue weighted by Crippen LogP contribution is -2.45. The van der Waals surface area contributed by atoms with Crippen LogP contribution in [0.1, 0.15) is 30.1 Å². The molecule has 1 aromatic carbocycles. The standard InChI is InChI=1S/C24H26F4N4O3/c25-18-11-19-20(10-17(18)21-13-34-8-9-35-21)32(12-16-2-1-5-29-22(16)30-19)23(33)15-3-6-31(7-4-15)14-24(26,27)28/h1-2,5,10-11,15,21H,3-4,6-9,12-14H2,(H,29,30). The number of carbonyl (C=O) groups excluding carboxylic acids is 1. The fourth-order valence-corrected chi connectivity index (χ4v) is 4.89. The molecule has 1 amide bonds. The summed E-state index contributed by atoms with van der Waals surface area (Å²) in [5.41, 5.74) is 1.92. The van der Waals surface area contributed by atoms with E-state index in [0.717, 1.165) is 5.56 Å². The molecule has 7 nitrogen and oxygen atoms in total. The smallest absolute Gasteiger partial charge is 0.376 e. The van der Waals surface area contributed by atoms with Crippen LogP contribution in [0.25, 0.3) is 0 Å². The van der Waals surface area contributed by atoms with Gasteiger partial charge in [0, 0.05) is 23.2 Å². The SMILES string of the molecule is O=C(C1CCN(CC(F)(F)F)CC1)N1Cc2cccnc2Nc2cc(F)c(C3COCCO3)cc21. The number of benzene rings is 1. The van der Waals surface area contributed by atoms with E-state index in [0.29, 0.717) is 48.8 Å². The molecule has 2 aromatic rings. The number of nitrogens with zero attached hydrogens (tertiary/aromatic N) is 3. The van der Waals surface area contributed by atoms with E-state index >= 15 is 4.39 Å². The summed E-state index contributed by atoms with van der Waals surface area (Å²) in [5, 5.41) is 3.14. The number of fused-ring (bicyclic) bond motifs is 2. The van der Waals surface area contributed by atoms with Crippen LogP contribution >= 0.6 is 0 Å². The van der Waals surface area contributed by atoms with Crippen LogP contribution in [0.15, 0.2) is 30.5 Å². The van der Waals surface area contributed by atoms with Gasteiger partial charge in [-0.05, 0) is 44.1 Å². The number of piperidine rings is 1. The molecule has 1 unspecified atom stereocenters. The summed E-state index contributed by atoms with van der Waals surface area (Å²) in [4.78, 5) is 21.0. The monoisotopic (exact) mass is 494 g/mol. The number of halogens is 4. The number of hydrogen-bond acceptors (Lipinski definition) is 6. The number of nitrogens with one attached hydrogen (secondary N) is 1. The maximum atomic E-state index is 15.1. The zero-order valence-corrected chi connectivity index (χ0v) is 19.0. The molecule has 35 heavy (non-hydrogen) atoms. The van der Waals surface area contributed by atoms with Crippen molar-refractivity contribution in [2.45, 2.75) is 31.7 Å². The third-order valence-electron chi connectivity index (χ3n) is 6.65. The molecule has 2 fully saturated rings. The number of rotatable bonds is 3. The van der Waals surface area contributed by atoms with Gasteiger partial charge in [0.05, 0.1) is 44.3 Å². The molecule has 11 heteroatoms. The molecule has 0 radical (unpaired) electrons. The van der Waals surface area contributed by atoms with E-state index in [2.05, 4.69) is 10.3 Å². The summed E-state index contributed by atoms with van der Waals surface area (Å²) in [6, 6.07) is 6.54. The summed E-state index contributed by atoms with van der Waals surface area (Å²) in [6.07, 6.45) is -2.62. The molecule has 4 heterocycles. The summed E-state index contributed by atoms with van der Waals surface area (Å²) >= 11 is 0. The maximum absolute atomic E-state index is 15.1. The normalized spacial score (nSPS) is 21.6. The Morgan fingerprint density at radius 3 is 2.71 bits per heavy atom. The third-order valence-corrected chi connectivity index (χ3v) is 6.65. The number of amides is 1. The molecule has 0 aliphatic carbocycles. The molecule has 1 atom stereocenters. The van der Waals surface area contributed by atoms with E-state index in [-0.39, 0.29) is 32.1 Å². The van der Waals surface area contributed by atoms with E-state index in [1.54, 1.807) is 23.2 Å². The Hall–Kier alpha value is -2.76. The molecule has 3 aliphatic rings. The zero-order valence-electron chi connectivity index (χ0n) is 19.0. The highest BCUT2D eigenvalue weighted by atomic mass is 19.4. The van der Waals surface area contributed by atoms with Crippen LogP contribution in [-0.2, 0) is 20.8 Å². The molecule has 3 aliphatic heterocycles. The van der Waals surface area contributed by atoms with E-state index in [4.69, 9.17) is 9.47 Å². The third kappa shape index (κ3) is 5.26. The number of pyridine rings is 1. The van der Waals surface area contributed by atoms with Gasteiger partial charge < -0.3 is 19.7 Å². The Balaban J connectivity index is 1.45. The second-order valence-corrected chi connectivity index (χ2v) is 9.05. The topological polar surface area (TPSA) is 66.9 Å². The average molecular weight is 494 g/mol. The second-order valence-electron chi connectivity index (χ2n) is 9.05. The van der Waals surface area contributed by atoms with Gasteiger partial charge in [-0.2, -0.15) is 13.2 Å². The molecule has 188 valence electrons. The van der Waals surface area contributed by atoms with Crippen LogP contribution in [0.2, 0.25) is 0 Å². The first-order chi connectivity index (χ1) is 16.8. The predicted octanol–water partition coefficient (Wildman–Crippen LogP) is 4.17. The molecular formula is C24H26F4N4O3. The number of anilines is 3. The first-order valence-electron chi connectivity index (χ1n) is 11.6. The summed E-state index contributed by atoms with van der Waals surface area (Å²) in [5.74, 6) is -0.601. The van der Waals surface area contributed by atoms with Crippen molar-refractivity contribution in [2.75, 3.05) is 49.7 Å². The minimum absolute atomic E-state index is 0.189. The summed E-state index contributed by atoms with van der Waals surface area (Å²) in [6.45, 7) is 0.588. The first kappa shape index (κ1) is 24.0. The summed E-state index contributed by atoms with van der Waals surface area (Å²) < 4.78 is 64.6. The molecule has 0 spiro atoms. The highest BCUT2D eigenvalue weighted by Gasteiger charge is 2.37. The Kier molecular flexibility index (Phi) is 6.65. The van der Waals surface area contributed by atoms with Crippen molar-refractivity contribution in [3.05, 3.63) is 47.4 Å². The number of aromatic nitrogens is 1. The average Bonchev–Trinajstić information content (AvgIpc) is 2.99. The van der Waals surface area contributed by atoms with Crippen molar-refractivity contribution in [3.8, 4) is 0 Å². The highest BCUT2D eigenvalue weighted by molar-refractivity contribution is 5.99. The first-order valence-corrected chi connectivity index (χ1v) is 11.6. The number of carbonyl (C=O) groups is 1. The molecule has 1 aromatic heterocycles. The quantitative estimate of drug-likeness (QED) is 0.647. The number of alkyl halides is 3. The predicted molar refractivity (Wildman–Crippen MR) is 120 cm³/mol. The van der Waals surface area contributed by atoms with Gasteiger partial charge in [-0.1, -0.05) is 6.07 Å². The Bertz CT molecular complexity index is 1080. The number of hydrogen-bond donors (Lipinski definition) is 1. The zero-order chi connectivity index (χ0) is 24.6. The van der Waals surface area contributed by atoms with E-state index in [9.17, 15) is 18.0 Å². The second kappa shape index (κ2) is 9.71. The van der Waals surface area contributed by atoms with Crippen molar-refractivity contribution in [3.63, 3.8) is 0 Å². The van der Waals surface area contributed by atoms with Gasteiger partial charge in [0.25, 0.3) is 0 Å². The molecule has 2 saturated heterocycles. The van der Waals surface area contributed by atoms with Crippen molar-refractivity contribution in [1.82, 2.24) is 9.88 Å². The molecule has 1 N–H and O–H groups in total. The van der Waals surface area contributed by atoms with Gasteiger partial charge in [0.2, 0.25) is 5.91 Å². The van der Waals surface area contributed by atoms with Gasteiger partial charge in [-0.15, -0.1) is 0 Å². The lowest BCUT2D eigenvalue weighted by atomic mass is 9.94. The highest BCUT2D eigenvalue weighted by Crippen LogP contribution is 2.40. The Morgan fingerprint density at radius 2 is 2.00 bits per heavy atom. The van der Waals surface area contributed by atoms with Crippen molar-refractivity contribution in [2.24, 2.45) is 5.92 Å². The van der Waals surface area contributed by atoms with Crippen LogP contribution in [-0.4, -0.2) is 61.4 Å². The van der Waals surface area contributed by atoms with E-state index < -0.39 is 30.6 Å². The fourth-order valence-electron chi connectivity index (χ4n) is 4.89. The maximum Gasteiger partial charge on any atom is 0.401 e. The van der Waals surface area contributed by atoms with Crippen LogP contribution in [0.4, 0.5) is 34.8 Å². The molecule has 0 bridgehead atoms. The van der Waals surface area contributed by atoms with Gasteiger partial charge in [0.1, 0.15) is 17.7 Å². The van der Waals surface area contributed by atoms with Crippen molar-refractivity contribution in [1.29, 1.82) is 0 Å². The van der Waals surface area contributed by atoms with Crippen LogP contribution in [0.5, 0.6) is 0 Å².